The molecule has 1 saturated heterocycles. The third-order valence-electron chi connectivity index (χ3n) is 6.12. The van der Waals surface area contributed by atoms with Crippen LogP contribution in [0.3, 0.4) is 0 Å². The lowest BCUT2D eigenvalue weighted by atomic mass is 9.64. The van der Waals surface area contributed by atoms with Gasteiger partial charge in [0.15, 0.2) is 5.96 Å². The van der Waals surface area contributed by atoms with Gasteiger partial charge in [-0.1, -0.05) is 36.8 Å². The standard InChI is InChI=1S/C21H34N4.HI/c1-17(2)25-14-10-19(11-15-25)24-20(22-3)23-16-21(12-7-13-21)18-8-5-4-6-9-18;/h4-6,8-9,17,19H,7,10-16H2,1-3H3,(H2,22,23,24);1H. The summed E-state index contributed by atoms with van der Waals surface area (Å²) in [6.45, 7) is 7.91. The number of aliphatic imine (C=N–C) groups is 1. The SMILES string of the molecule is CN=C(NCC1(c2ccccc2)CCC1)NC1CCN(C(C)C)CC1.I. The van der Waals surface area contributed by atoms with E-state index in [0.717, 1.165) is 12.5 Å². The molecule has 0 radical (unpaired) electrons. The number of likely N-dealkylation sites (tertiary alicyclic amines) is 1. The lowest BCUT2D eigenvalue weighted by Gasteiger charge is -2.43. The van der Waals surface area contributed by atoms with Crippen molar-refractivity contribution in [2.24, 2.45) is 4.99 Å². The van der Waals surface area contributed by atoms with E-state index < -0.39 is 0 Å². The molecular formula is C21H35IN4. The van der Waals surface area contributed by atoms with Crippen molar-refractivity contribution in [1.82, 2.24) is 15.5 Å². The highest BCUT2D eigenvalue weighted by Crippen LogP contribution is 2.43. The molecule has 26 heavy (non-hydrogen) atoms. The molecule has 1 aliphatic carbocycles. The van der Waals surface area contributed by atoms with Crippen molar-refractivity contribution in [3.63, 3.8) is 0 Å². The second kappa shape index (κ2) is 9.93. The van der Waals surface area contributed by atoms with Crippen molar-refractivity contribution in [3.05, 3.63) is 35.9 Å². The van der Waals surface area contributed by atoms with Crippen molar-refractivity contribution in [3.8, 4) is 0 Å². The highest BCUT2D eigenvalue weighted by molar-refractivity contribution is 14.0. The topological polar surface area (TPSA) is 39.7 Å². The van der Waals surface area contributed by atoms with Crippen LogP contribution >= 0.6 is 24.0 Å². The zero-order chi connectivity index (χ0) is 17.7. The van der Waals surface area contributed by atoms with Crippen molar-refractivity contribution in [2.45, 2.75) is 63.5 Å². The molecule has 1 saturated carbocycles. The molecular weight excluding hydrogens is 435 g/mol. The molecule has 0 aromatic heterocycles. The van der Waals surface area contributed by atoms with Gasteiger partial charge in [0.05, 0.1) is 0 Å². The van der Waals surface area contributed by atoms with Crippen LogP contribution in [0.15, 0.2) is 35.3 Å². The van der Waals surface area contributed by atoms with Gasteiger partial charge in [-0.15, -0.1) is 24.0 Å². The predicted octanol–water partition coefficient (Wildman–Crippen LogP) is 3.76. The van der Waals surface area contributed by atoms with Crippen LogP contribution in [0.5, 0.6) is 0 Å². The predicted molar refractivity (Wildman–Crippen MR) is 122 cm³/mol. The monoisotopic (exact) mass is 470 g/mol. The quantitative estimate of drug-likeness (QED) is 0.391. The summed E-state index contributed by atoms with van der Waals surface area (Å²) in [4.78, 5) is 7.03. The molecule has 1 aromatic rings. The minimum Gasteiger partial charge on any atom is -0.356 e. The molecule has 1 aromatic carbocycles. The minimum atomic E-state index is 0. The maximum atomic E-state index is 4.47. The van der Waals surface area contributed by atoms with E-state index >= 15 is 0 Å². The van der Waals surface area contributed by atoms with Gasteiger partial charge < -0.3 is 15.5 Å². The number of piperidine rings is 1. The average molecular weight is 470 g/mol. The van der Waals surface area contributed by atoms with Gasteiger partial charge >= 0.3 is 0 Å². The molecule has 0 bridgehead atoms. The number of nitrogens with zero attached hydrogens (tertiary/aromatic N) is 2. The van der Waals surface area contributed by atoms with E-state index in [1.54, 1.807) is 0 Å². The van der Waals surface area contributed by atoms with Crippen LogP contribution in [0, 0.1) is 0 Å². The van der Waals surface area contributed by atoms with E-state index in [1.807, 2.05) is 7.05 Å². The fourth-order valence-corrected chi connectivity index (χ4v) is 4.16. The van der Waals surface area contributed by atoms with E-state index in [9.17, 15) is 0 Å². The number of hydrogen-bond acceptors (Lipinski definition) is 2. The van der Waals surface area contributed by atoms with E-state index in [1.165, 1.54) is 50.8 Å². The summed E-state index contributed by atoms with van der Waals surface area (Å²) in [5, 5.41) is 7.27. The van der Waals surface area contributed by atoms with E-state index in [2.05, 4.69) is 64.7 Å². The Hall–Kier alpha value is -0.820. The highest BCUT2D eigenvalue weighted by Gasteiger charge is 2.38. The Kier molecular flexibility index (Phi) is 8.20. The molecule has 146 valence electrons. The fraction of sp³-hybridized carbons (Fsp3) is 0.667. The zero-order valence-corrected chi connectivity index (χ0v) is 18.8. The van der Waals surface area contributed by atoms with Gasteiger partial charge in [-0.05, 0) is 45.1 Å². The van der Waals surface area contributed by atoms with E-state index in [-0.39, 0.29) is 24.0 Å². The molecule has 0 spiro atoms. The lowest BCUT2D eigenvalue weighted by molar-refractivity contribution is 0.167. The Morgan fingerprint density at radius 3 is 2.35 bits per heavy atom. The summed E-state index contributed by atoms with van der Waals surface area (Å²) in [7, 11) is 1.88. The van der Waals surface area contributed by atoms with Crippen molar-refractivity contribution in [2.75, 3.05) is 26.7 Å². The van der Waals surface area contributed by atoms with Crippen molar-refractivity contribution >= 4 is 29.9 Å². The number of nitrogens with one attached hydrogen (secondary N) is 2. The van der Waals surface area contributed by atoms with Crippen molar-refractivity contribution in [1.29, 1.82) is 0 Å². The molecule has 0 unspecified atom stereocenters. The Morgan fingerprint density at radius 2 is 1.85 bits per heavy atom. The largest absolute Gasteiger partial charge is 0.356 e. The Balaban J connectivity index is 0.00000243. The Labute approximate surface area is 176 Å². The second-order valence-electron chi connectivity index (χ2n) is 7.97. The molecule has 3 rings (SSSR count). The van der Waals surface area contributed by atoms with Gasteiger partial charge in [0, 0.05) is 44.2 Å². The van der Waals surface area contributed by atoms with Crippen LogP contribution in [0.4, 0.5) is 0 Å². The molecule has 2 N–H and O–H groups in total. The zero-order valence-electron chi connectivity index (χ0n) is 16.5. The average Bonchev–Trinajstić information content (AvgIpc) is 2.61. The third-order valence-corrected chi connectivity index (χ3v) is 6.12. The summed E-state index contributed by atoms with van der Waals surface area (Å²) in [6, 6.07) is 12.2. The van der Waals surface area contributed by atoms with Gasteiger partial charge in [0.2, 0.25) is 0 Å². The first-order valence-corrected chi connectivity index (χ1v) is 9.90. The van der Waals surface area contributed by atoms with Crippen LogP contribution in [0.2, 0.25) is 0 Å². The first-order chi connectivity index (χ1) is 12.1. The maximum absolute atomic E-state index is 4.47. The molecule has 2 aliphatic rings. The summed E-state index contributed by atoms with van der Waals surface area (Å²) >= 11 is 0. The molecule has 1 aliphatic heterocycles. The molecule has 2 fully saturated rings. The van der Waals surface area contributed by atoms with E-state index in [4.69, 9.17) is 0 Å². The fourth-order valence-electron chi connectivity index (χ4n) is 4.16. The number of hydrogen-bond donors (Lipinski definition) is 2. The highest BCUT2D eigenvalue weighted by atomic mass is 127. The first-order valence-electron chi connectivity index (χ1n) is 9.90. The first kappa shape index (κ1) is 21.5. The molecule has 1 heterocycles. The van der Waals surface area contributed by atoms with Gasteiger partial charge in [-0.2, -0.15) is 0 Å². The summed E-state index contributed by atoms with van der Waals surface area (Å²) < 4.78 is 0. The van der Waals surface area contributed by atoms with E-state index in [0.29, 0.717) is 17.5 Å². The van der Waals surface area contributed by atoms with Crippen molar-refractivity contribution < 1.29 is 0 Å². The summed E-state index contributed by atoms with van der Waals surface area (Å²) in [6.07, 6.45) is 6.27. The normalized spacial score (nSPS) is 21.0. The van der Waals surface area contributed by atoms with Crippen LogP contribution in [-0.4, -0.2) is 49.6 Å². The van der Waals surface area contributed by atoms with Crippen LogP contribution in [0.25, 0.3) is 0 Å². The van der Waals surface area contributed by atoms with Gasteiger partial charge in [0.1, 0.15) is 0 Å². The van der Waals surface area contributed by atoms with Gasteiger partial charge in [-0.25, -0.2) is 0 Å². The molecule has 5 heteroatoms. The Bertz CT molecular complexity index is 561. The molecule has 4 nitrogen and oxygen atoms in total. The smallest absolute Gasteiger partial charge is 0.191 e. The van der Waals surface area contributed by atoms with Crippen LogP contribution in [-0.2, 0) is 5.41 Å². The molecule has 0 amide bonds. The number of halogens is 1. The second-order valence-corrected chi connectivity index (χ2v) is 7.97. The Morgan fingerprint density at radius 1 is 1.19 bits per heavy atom. The number of benzene rings is 1. The third kappa shape index (κ3) is 5.12. The molecule has 0 atom stereocenters. The minimum absolute atomic E-state index is 0. The van der Waals surface area contributed by atoms with Gasteiger partial charge in [-0.3, -0.25) is 4.99 Å². The summed E-state index contributed by atoms with van der Waals surface area (Å²) in [5.41, 5.74) is 1.76. The number of guanidine groups is 1. The summed E-state index contributed by atoms with van der Waals surface area (Å²) in [5.74, 6) is 0.963. The lowest BCUT2D eigenvalue weighted by Crippen LogP contribution is -2.53. The van der Waals surface area contributed by atoms with Crippen LogP contribution < -0.4 is 10.6 Å². The number of rotatable bonds is 5. The van der Waals surface area contributed by atoms with Crippen LogP contribution in [0.1, 0.15) is 51.5 Å². The maximum Gasteiger partial charge on any atom is 0.191 e. The van der Waals surface area contributed by atoms with Gasteiger partial charge in [0.25, 0.3) is 0 Å².